The number of carbonyl (C=O) groups excluding carboxylic acids is 1. The van der Waals surface area contributed by atoms with E-state index >= 15 is 0 Å². The number of rotatable bonds is 3. The Balaban J connectivity index is 2.37. The highest BCUT2D eigenvalue weighted by Crippen LogP contribution is 2.27. The first-order valence-corrected chi connectivity index (χ1v) is 5.23. The standard InChI is InChI=1S/C11H10N2O5/c1-6(11(15)16)12-5-7-2-3-8(13(17)18)4-9(7)10(12)14/h2-4,6H,5H2,1H3,(H,15,16)/t6-/m1/s1. The molecule has 0 unspecified atom stereocenters. The van der Waals surface area contributed by atoms with Gasteiger partial charge in [-0.2, -0.15) is 0 Å². The Kier molecular flexibility index (Phi) is 2.74. The average molecular weight is 250 g/mol. The summed E-state index contributed by atoms with van der Waals surface area (Å²) in [6.07, 6.45) is 0. The van der Waals surface area contributed by atoms with Crippen LogP contribution in [-0.4, -0.2) is 32.8 Å². The van der Waals surface area contributed by atoms with Crippen molar-refractivity contribution in [1.29, 1.82) is 0 Å². The average Bonchev–Trinajstić information content (AvgIpc) is 2.65. The van der Waals surface area contributed by atoms with Gasteiger partial charge in [0.25, 0.3) is 11.6 Å². The normalized spacial score (nSPS) is 15.4. The fraction of sp³-hybridized carbons (Fsp3) is 0.273. The molecule has 0 aliphatic carbocycles. The summed E-state index contributed by atoms with van der Waals surface area (Å²) in [6, 6.07) is 3.02. The predicted molar refractivity (Wildman–Crippen MR) is 60.1 cm³/mol. The summed E-state index contributed by atoms with van der Waals surface area (Å²) in [5.41, 5.74) is 0.642. The van der Waals surface area contributed by atoms with Gasteiger partial charge >= 0.3 is 5.97 Å². The van der Waals surface area contributed by atoms with Gasteiger partial charge < -0.3 is 10.0 Å². The first-order valence-electron chi connectivity index (χ1n) is 5.23. The molecule has 1 atom stereocenters. The van der Waals surface area contributed by atoms with E-state index in [1.54, 1.807) is 0 Å². The zero-order valence-corrected chi connectivity index (χ0v) is 9.49. The maximum Gasteiger partial charge on any atom is 0.326 e. The van der Waals surface area contributed by atoms with E-state index in [4.69, 9.17) is 5.11 Å². The maximum absolute atomic E-state index is 12.0. The van der Waals surface area contributed by atoms with Crippen LogP contribution in [0.25, 0.3) is 0 Å². The Labute approximate surface area is 102 Å². The van der Waals surface area contributed by atoms with Crippen LogP contribution in [0.4, 0.5) is 5.69 Å². The lowest BCUT2D eigenvalue weighted by Gasteiger charge is -2.19. The molecule has 1 aliphatic heterocycles. The summed E-state index contributed by atoms with van der Waals surface area (Å²) in [5.74, 6) is -1.59. The van der Waals surface area contributed by atoms with Gasteiger partial charge in [-0.15, -0.1) is 0 Å². The molecule has 0 saturated carbocycles. The van der Waals surface area contributed by atoms with Crippen molar-refractivity contribution in [3.63, 3.8) is 0 Å². The number of fused-ring (bicyclic) bond motifs is 1. The van der Waals surface area contributed by atoms with Crippen LogP contribution in [0.15, 0.2) is 18.2 Å². The van der Waals surface area contributed by atoms with Crippen molar-refractivity contribution in [3.8, 4) is 0 Å². The van der Waals surface area contributed by atoms with Crippen LogP contribution in [-0.2, 0) is 11.3 Å². The van der Waals surface area contributed by atoms with Crippen molar-refractivity contribution in [3.05, 3.63) is 39.4 Å². The zero-order valence-electron chi connectivity index (χ0n) is 9.49. The van der Waals surface area contributed by atoms with Crippen molar-refractivity contribution in [1.82, 2.24) is 4.90 Å². The second-order valence-electron chi connectivity index (χ2n) is 4.05. The number of benzene rings is 1. The molecule has 2 rings (SSSR count). The quantitative estimate of drug-likeness (QED) is 0.637. The number of nitrogens with zero attached hydrogens (tertiary/aromatic N) is 2. The monoisotopic (exact) mass is 250 g/mol. The van der Waals surface area contributed by atoms with Gasteiger partial charge in [-0.25, -0.2) is 4.79 Å². The van der Waals surface area contributed by atoms with E-state index < -0.39 is 22.8 Å². The summed E-state index contributed by atoms with van der Waals surface area (Å²) in [4.78, 5) is 34.0. The molecule has 0 radical (unpaired) electrons. The molecule has 1 aromatic rings. The SMILES string of the molecule is C[C@H](C(=O)O)N1Cc2ccc([N+](=O)[O-])cc2C1=O. The molecule has 0 saturated heterocycles. The number of amides is 1. The second kappa shape index (κ2) is 4.10. The fourth-order valence-electron chi connectivity index (χ4n) is 1.87. The van der Waals surface area contributed by atoms with E-state index in [1.807, 2.05) is 0 Å². The molecule has 18 heavy (non-hydrogen) atoms. The molecular weight excluding hydrogens is 240 g/mol. The molecule has 0 fully saturated rings. The van der Waals surface area contributed by atoms with Crippen LogP contribution in [0.2, 0.25) is 0 Å². The number of aliphatic carboxylic acids is 1. The van der Waals surface area contributed by atoms with Crippen molar-refractivity contribution >= 4 is 17.6 Å². The predicted octanol–water partition coefficient (Wildman–Crippen LogP) is 1.02. The Bertz CT molecular complexity index is 554. The number of hydrogen-bond acceptors (Lipinski definition) is 4. The van der Waals surface area contributed by atoms with Crippen molar-refractivity contribution in [2.45, 2.75) is 19.5 Å². The number of non-ortho nitro benzene ring substituents is 1. The smallest absolute Gasteiger partial charge is 0.326 e. The molecule has 0 aromatic heterocycles. The molecule has 1 N–H and O–H groups in total. The number of carboxylic acids is 1. The lowest BCUT2D eigenvalue weighted by atomic mass is 10.1. The van der Waals surface area contributed by atoms with Crippen molar-refractivity contribution < 1.29 is 19.6 Å². The van der Waals surface area contributed by atoms with Crippen molar-refractivity contribution in [2.75, 3.05) is 0 Å². The van der Waals surface area contributed by atoms with E-state index in [0.717, 1.165) is 0 Å². The molecule has 1 aliphatic rings. The first-order chi connectivity index (χ1) is 8.41. The number of nitro benzene ring substituents is 1. The minimum absolute atomic E-state index is 0.166. The number of hydrogen-bond donors (Lipinski definition) is 1. The van der Waals surface area contributed by atoms with E-state index in [1.165, 1.54) is 30.0 Å². The summed E-state index contributed by atoms with van der Waals surface area (Å²) in [7, 11) is 0. The number of nitro groups is 1. The van der Waals surface area contributed by atoms with Crippen LogP contribution in [0.3, 0.4) is 0 Å². The summed E-state index contributed by atoms with van der Waals surface area (Å²) < 4.78 is 0. The van der Waals surface area contributed by atoms with Gasteiger partial charge in [0.2, 0.25) is 0 Å². The Morgan fingerprint density at radius 1 is 1.56 bits per heavy atom. The van der Waals surface area contributed by atoms with E-state index in [9.17, 15) is 19.7 Å². The highest BCUT2D eigenvalue weighted by atomic mass is 16.6. The van der Waals surface area contributed by atoms with Crippen molar-refractivity contribution in [2.24, 2.45) is 0 Å². The summed E-state index contributed by atoms with van der Waals surface area (Å²) in [5, 5.41) is 19.5. The van der Waals surface area contributed by atoms with Crippen LogP contribution < -0.4 is 0 Å². The van der Waals surface area contributed by atoms with E-state index in [0.29, 0.717) is 5.56 Å². The summed E-state index contributed by atoms with van der Waals surface area (Å²) in [6.45, 7) is 1.57. The second-order valence-corrected chi connectivity index (χ2v) is 4.05. The molecule has 1 amide bonds. The third kappa shape index (κ3) is 1.79. The molecule has 7 nitrogen and oxygen atoms in total. The molecule has 1 heterocycles. The van der Waals surface area contributed by atoms with Crippen LogP contribution >= 0.6 is 0 Å². The van der Waals surface area contributed by atoms with E-state index in [-0.39, 0.29) is 17.8 Å². The third-order valence-corrected chi connectivity index (χ3v) is 2.96. The first kappa shape index (κ1) is 12.0. The highest BCUT2D eigenvalue weighted by molar-refractivity contribution is 6.00. The highest BCUT2D eigenvalue weighted by Gasteiger charge is 2.34. The Morgan fingerprint density at radius 2 is 2.22 bits per heavy atom. The van der Waals surface area contributed by atoms with Gasteiger partial charge in [-0.05, 0) is 18.6 Å². The molecule has 0 spiro atoms. The minimum atomic E-state index is -1.11. The largest absolute Gasteiger partial charge is 0.480 e. The van der Waals surface area contributed by atoms with Gasteiger partial charge in [0.15, 0.2) is 0 Å². The lowest BCUT2D eigenvalue weighted by molar-refractivity contribution is -0.384. The number of carbonyl (C=O) groups is 2. The zero-order chi connectivity index (χ0) is 13.4. The Hall–Kier alpha value is -2.44. The number of carboxylic acid groups (broad SMARTS) is 1. The van der Waals surface area contributed by atoms with Gasteiger partial charge in [0, 0.05) is 18.7 Å². The van der Waals surface area contributed by atoms with Crippen LogP contribution in [0.5, 0.6) is 0 Å². The van der Waals surface area contributed by atoms with Crippen LogP contribution in [0, 0.1) is 10.1 Å². The molecule has 1 aromatic carbocycles. The summed E-state index contributed by atoms with van der Waals surface area (Å²) >= 11 is 0. The lowest BCUT2D eigenvalue weighted by Crippen LogP contribution is -2.38. The maximum atomic E-state index is 12.0. The Morgan fingerprint density at radius 3 is 2.78 bits per heavy atom. The third-order valence-electron chi connectivity index (χ3n) is 2.96. The molecule has 7 heteroatoms. The minimum Gasteiger partial charge on any atom is -0.480 e. The van der Waals surface area contributed by atoms with Crippen LogP contribution in [0.1, 0.15) is 22.8 Å². The van der Waals surface area contributed by atoms with Gasteiger partial charge in [0.05, 0.1) is 10.5 Å². The van der Waals surface area contributed by atoms with Gasteiger partial charge in [-0.1, -0.05) is 0 Å². The van der Waals surface area contributed by atoms with E-state index in [2.05, 4.69) is 0 Å². The topological polar surface area (TPSA) is 101 Å². The van der Waals surface area contributed by atoms with Gasteiger partial charge in [-0.3, -0.25) is 14.9 Å². The van der Waals surface area contributed by atoms with Gasteiger partial charge in [0.1, 0.15) is 6.04 Å². The molecule has 0 bridgehead atoms. The fourth-order valence-corrected chi connectivity index (χ4v) is 1.87. The molecule has 94 valence electrons. The molecular formula is C11H10N2O5.